The van der Waals surface area contributed by atoms with Crippen molar-refractivity contribution < 1.29 is 19.1 Å². The first kappa shape index (κ1) is 24.0. The lowest BCUT2D eigenvalue weighted by molar-refractivity contribution is -0.113. The van der Waals surface area contributed by atoms with Crippen LogP contribution in [0.4, 0.5) is 5.69 Å². The molecular weight excluding hydrogens is 490 g/mol. The molecule has 1 fully saturated rings. The number of Topliss-reactive ketones (excluding diaryl/α,β-unsaturated/α-hetero) is 1. The molecule has 3 aromatic rings. The molecule has 5 nitrogen and oxygen atoms in total. The van der Waals surface area contributed by atoms with Gasteiger partial charge in [-0.25, -0.2) is 0 Å². The summed E-state index contributed by atoms with van der Waals surface area (Å²) in [5.74, 6) is 0.893. The molecule has 172 valence electrons. The maximum absolute atomic E-state index is 13.1. The third kappa shape index (κ3) is 5.33. The summed E-state index contributed by atoms with van der Waals surface area (Å²) in [6, 6.07) is 19.7. The van der Waals surface area contributed by atoms with Gasteiger partial charge in [0.1, 0.15) is 6.61 Å². The van der Waals surface area contributed by atoms with Gasteiger partial charge in [0.05, 0.1) is 17.7 Å². The molecule has 1 aliphatic rings. The van der Waals surface area contributed by atoms with Gasteiger partial charge < -0.3 is 9.47 Å². The fourth-order valence-corrected chi connectivity index (χ4v) is 4.75. The Balaban J connectivity index is 1.51. The number of halogens is 1. The van der Waals surface area contributed by atoms with Crippen LogP contribution in [-0.2, 0) is 11.4 Å². The average Bonchev–Trinajstić information content (AvgIpc) is 3.11. The number of hydrogen-bond acceptors (Lipinski definition) is 6. The van der Waals surface area contributed by atoms with Crippen molar-refractivity contribution in [3.05, 3.63) is 93.3 Å². The molecule has 3 aromatic carbocycles. The SMILES string of the molecule is COc1cc(/C=C2\SC(=S)N(c3ccc(C(C)=O)cc3)C2=O)ccc1OCc1ccc(Cl)cc1. The van der Waals surface area contributed by atoms with Crippen LogP contribution in [0.5, 0.6) is 11.5 Å². The first-order chi connectivity index (χ1) is 16.4. The molecule has 1 amide bonds. The lowest BCUT2D eigenvalue weighted by atomic mass is 10.1. The Kier molecular flexibility index (Phi) is 7.36. The number of thioether (sulfide) groups is 1. The van der Waals surface area contributed by atoms with Crippen molar-refractivity contribution in [2.45, 2.75) is 13.5 Å². The smallest absolute Gasteiger partial charge is 0.270 e. The Hall–Kier alpha value is -3.13. The zero-order chi connectivity index (χ0) is 24.2. The van der Waals surface area contributed by atoms with Gasteiger partial charge in [0.25, 0.3) is 5.91 Å². The van der Waals surface area contributed by atoms with Crippen molar-refractivity contribution >= 4 is 63.4 Å². The van der Waals surface area contributed by atoms with Gasteiger partial charge >= 0.3 is 0 Å². The summed E-state index contributed by atoms with van der Waals surface area (Å²) in [4.78, 5) is 26.5. The van der Waals surface area contributed by atoms with Gasteiger partial charge in [0.15, 0.2) is 21.6 Å². The molecule has 1 saturated heterocycles. The van der Waals surface area contributed by atoms with Crippen LogP contribution in [-0.4, -0.2) is 23.1 Å². The number of ether oxygens (including phenoxy) is 2. The predicted octanol–water partition coefficient (Wildman–Crippen LogP) is 6.54. The van der Waals surface area contributed by atoms with Gasteiger partial charge in [-0.1, -0.05) is 53.8 Å². The van der Waals surface area contributed by atoms with E-state index in [0.717, 1.165) is 11.1 Å². The quantitative estimate of drug-likeness (QED) is 0.205. The summed E-state index contributed by atoms with van der Waals surface area (Å²) in [7, 11) is 1.57. The normalized spacial score (nSPS) is 14.6. The van der Waals surface area contributed by atoms with Gasteiger partial charge in [-0.3, -0.25) is 14.5 Å². The molecule has 0 aliphatic carbocycles. The van der Waals surface area contributed by atoms with E-state index in [1.165, 1.54) is 23.6 Å². The largest absolute Gasteiger partial charge is 0.493 e. The Bertz CT molecular complexity index is 1290. The summed E-state index contributed by atoms with van der Waals surface area (Å²) in [5.41, 5.74) is 2.97. The molecule has 0 bridgehead atoms. The minimum atomic E-state index is -0.215. The molecule has 0 N–H and O–H groups in total. The monoisotopic (exact) mass is 509 g/mol. The van der Waals surface area contributed by atoms with E-state index in [0.29, 0.717) is 43.6 Å². The second-order valence-corrected chi connectivity index (χ2v) is 9.56. The van der Waals surface area contributed by atoms with Crippen molar-refractivity contribution in [1.29, 1.82) is 0 Å². The van der Waals surface area contributed by atoms with Crippen LogP contribution >= 0.6 is 35.6 Å². The molecule has 34 heavy (non-hydrogen) atoms. The zero-order valence-electron chi connectivity index (χ0n) is 18.4. The van der Waals surface area contributed by atoms with E-state index in [2.05, 4.69) is 0 Å². The highest BCUT2D eigenvalue weighted by molar-refractivity contribution is 8.27. The number of anilines is 1. The fraction of sp³-hybridized carbons (Fsp3) is 0.115. The molecule has 0 saturated carbocycles. The maximum atomic E-state index is 13.1. The minimum Gasteiger partial charge on any atom is -0.493 e. The van der Waals surface area contributed by atoms with Crippen molar-refractivity contribution in [1.82, 2.24) is 0 Å². The van der Waals surface area contributed by atoms with Gasteiger partial charge in [0.2, 0.25) is 0 Å². The van der Waals surface area contributed by atoms with Crippen molar-refractivity contribution in [3.63, 3.8) is 0 Å². The van der Waals surface area contributed by atoms with Crippen LogP contribution in [0, 0.1) is 0 Å². The van der Waals surface area contributed by atoms with Gasteiger partial charge in [-0.05, 0) is 72.7 Å². The maximum Gasteiger partial charge on any atom is 0.270 e. The molecule has 0 atom stereocenters. The van der Waals surface area contributed by atoms with E-state index >= 15 is 0 Å². The van der Waals surface area contributed by atoms with E-state index in [1.54, 1.807) is 37.5 Å². The van der Waals surface area contributed by atoms with E-state index in [1.807, 2.05) is 42.5 Å². The first-order valence-electron chi connectivity index (χ1n) is 10.3. The number of carbonyl (C=O) groups excluding carboxylic acids is 2. The molecule has 4 rings (SSSR count). The van der Waals surface area contributed by atoms with Crippen LogP contribution in [0.15, 0.2) is 71.6 Å². The highest BCUT2D eigenvalue weighted by Gasteiger charge is 2.33. The van der Waals surface area contributed by atoms with E-state index in [4.69, 9.17) is 33.3 Å². The molecular formula is C26H20ClNO4S2. The molecule has 0 spiro atoms. The number of nitrogens with zero attached hydrogens (tertiary/aromatic N) is 1. The number of carbonyl (C=O) groups is 2. The number of methoxy groups -OCH3 is 1. The summed E-state index contributed by atoms with van der Waals surface area (Å²) in [6.45, 7) is 1.87. The topological polar surface area (TPSA) is 55.8 Å². The van der Waals surface area contributed by atoms with Crippen molar-refractivity contribution in [2.24, 2.45) is 0 Å². The fourth-order valence-electron chi connectivity index (χ4n) is 3.32. The summed E-state index contributed by atoms with van der Waals surface area (Å²) in [6.07, 6.45) is 1.77. The van der Waals surface area contributed by atoms with Crippen LogP contribution in [0.2, 0.25) is 5.02 Å². The number of hydrogen-bond donors (Lipinski definition) is 0. The predicted molar refractivity (Wildman–Crippen MR) is 141 cm³/mol. The summed E-state index contributed by atoms with van der Waals surface area (Å²) < 4.78 is 11.8. The Labute approximate surface area is 212 Å². The number of amides is 1. The van der Waals surface area contributed by atoms with E-state index in [-0.39, 0.29) is 11.7 Å². The number of ketones is 1. The second-order valence-electron chi connectivity index (χ2n) is 7.45. The summed E-state index contributed by atoms with van der Waals surface area (Å²) >= 11 is 12.6. The van der Waals surface area contributed by atoms with E-state index < -0.39 is 0 Å². The minimum absolute atomic E-state index is 0.0358. The molecule has 8 heteroatoms. The van der Waals surface area contributed by atoms with Crippen molar-refractivity contribution in [3.8, 4) is 11.5 Å². The Morgan fingerprint density at radius 1 is 1.06 bits per heavy atom. The summed E-state index contributed by atoms with van der Waals surface area (Å²) in [5, 5.41) is 0.671. The van der Waals surface area contributed by atoms with Crippen LogP contribution in [0.3, 0.4) is 0 Å². The van der Waals surface area contributed by atoms with Crippen LogP contribution in [0.1, 0.15) is 28.4 Å². The van der Waals surface area contributed by atoms with Crippen LogP contribution < -0.4 is 14.4 Å². The van der Waals surface area contributed by atoms with Gasteiger partial charge in [-0.2, -0.15) is 0 Å². The molecule has 0 unspecified atom stereocenters. The third-order valence-corrected chi connectivity index (χ3v) is 6.67. The number of thiocarbonyl (C=S) groups is 1. The van der Waals surface area contributed by atoms with E-state index in [9.17, 15) is 9.59 Å². The highest BCUT2D eigenvalue weighted by atomic mass is 35.5. The van der Waals surface area contributed by atoms with Gasteiger partial charge in [-0.15, -0.1) is 0 Å². The zero-order valence-corrected chi connectivity index (χ0v) is 20.8. The average molecular weight is 510 g/mol. The lowest BCUT2D eigenvalue weighted by Crippen LogP contribution is -2.27. The first-order valence-corrected chi connectivity index (χ1v) is 11.9. The second kappa shape index (κ2) is 10.4. The van der Waals surface area contributed by atoms with Crippen molar-refractivity contribution in [2.75, 3.05) is 12.0 Å². The molecule has 0 aromatic heterocycles. The van der Waals surface area contributed by atoms with Gasteiger partial charge in [0, 0.05) is 10.6 Å². The Morgan fingerprint density at radius 2 is 1.76 bits per heavy atom. The standard InChI is InChI=1S/C26H20ClNO4S2/c1-16(29)19-6-10-21(11-7-19)28-25(30)24(34-26(28)33)14-18-5-12-22(23(13-18)31-2)32-15-17-3-8-20(27)9-4-17/h3-14H,15H2,1-2H3/b24-14-. The number of rotatable bonds is 7. The lowest BCUT2D eigenvalue weighted by Gasteiger charge is -2.14. The van der Waals surface area contributed by atoms with Crippen LogP contribution in [0.25, 0.3) is 6.08 Å². The highest BCUT2D eigenvalue weighted by Crippen LogP contribution is 2.37. The number of benzene rings is 3. The third-order valence-electron chi connectivity index (χ3n) is 5.12. The molecule has 1 heterocycles. The molecule has 1 aliphatic heterocycles. The molecule has 0 radical (unpaired) electrons. The Morgan fingerprint density at radius 3 is 2.41 bits per heavy atom.